The molecule has 0 N–H and O–H groups in total. The Morgan fingerprint density at radius 1 is 0.514 bits per heavy atom. The average molecular weight is 469 g/mol. The van der Waals surface area contributed by atoms with Gasteiger partial charge in [-0.2, -0.15) is 0 Å². The summed E-state index contributed by atoms with van der Waals surface area (Å²) in [6.07, 6.45) is 1.70. The zero-order valence-corrected chi connectivity index (χ0v) is 18.8. The summed E-state index contributed by atoms with van der Waals surface area (Å²) >= 11 is 0. The van der Waals surface area contributed by atoms with Gasteiger partial charge in [0.05, 0.1) is 11.1 Å². The third kappa shape index (κ3) is 6.45. The second-order valence-electron chi connectivity index (χ2n) is 7.66. The number of hydrogen-bond donors (Lipinski definition) is 0. The molecule has 0 aliphatic heterocycles. The normalized spacial score (nSPS) is 10.4. The van der Waals surface area contributed by atoms with E-state index in [1.807, 2.05) is 91.0 Å². The van der Waals surface area contributed by atoms with Crippen molar-refractivity contribution in [2.24, 2.45) is 0 Å². The minimum absolute atomic E-state index is 0.0157. The van der Waals surface area contributed by atoms with E-state index in [9.17, 15) is 14.4 Å². The fraction of sp³-hybridized carbons (Fsp3) is 0.107. The van der Waals surface area contributed by atoms with Gasteiger partial charge in [0.15, 0.2) is 0 Å². The van der Waals surface area contributed by atoms with E-state index in [0.717, 1.165) is 21.3 Å². The van der Waals surface area contributed by atoms with Crippen LogP contribution in [-0.4, -0.2) is 22.6 Å². The number of rotatable bonds is 8. The quantitative estimate of drug-likeness (QED) is 0.254. The van der Waals surface area contributed by atoms with Gasteiger partial charge in [-0.1, -0.05) is 91.0 Å². The van der Waals surface area contributed by atoms with Gasteiger partial charge in [-0.25, -0.2) is 14.4 Å². The lowest BCUT2D eigenvalue weighted by Gasteiger charge is -2.07. The summed E-state index contributed by atoms with van der Waals surface area (Å²) in [4.78, 5) is 38.3. The smallest absolute Gasteiger partial charge is 0.418 e. The molecular formula is C28H23NO6. The Morgan fingerprint density at radius 2 is 0.857 bits per heavy atom. The fourth-order valence-corrected chi connectivity index (χ4v) is 3.28. The van der Waals surface area contributed by atoms with E-state index in [1.165, 1.54) is 12.4 Å². The van der Waals surface area contributed by atoms with Gasteiger partial charge in [0.2, 0.25) is 0 Å². The first-order valence-electron chi connectivity index (χ1n) is 11.0. The predicted molar refractivity (Wildman–Crippen MR) is 128 cm³/mol. The van der Waals surface area contributed by atoms with Crippen molar-refractivity contribution >= 4 is 18.0 Å². The van der Waals surface area contributed by atoms with Crippen LogP contribution in [0.1, 0.15) is 37.4 Å². The van der Waals surface area contributed by atoms with Crippen LogP contribution in [0.3, 0.4) is 0 Å². The number of carbonyl (C=O) groups is 3. The minimum Gasteiger partial charge on any atom is -0.457 e. The number of aromatic nitrogens is 1. The number of nitrogens with zero attached hydrogens (tertiary/aromatic N) is 1. The van der Waals surface area contributed by atoms with E-state index in [1.54, 1.807) is 0 Å². The Balaban J connectivity index is 1.50. The van der Waals surface area contributed by atoms with Crippen molar-refractivity contribution in [2.75, 3.05) is 0 Å². The largest absolute Gasteiger partial charge is 0.457 e. The molecule has 0 fully saturated rings. The molecular weight excluding hydrogens is 446 g/mol. The maximum absolute atomic E-state index is 12.8. The van der Waals surface area contributed by atoms with Gasteiger partial charge in [0.25, 0.3) is 0 Å². The molecule has 35 heavy (non-hydrogen) atoms. The summed E-state index contributed by atoms with van der Waals surface area (Å²) in [7, 11) is 0. The number of ether oxygens (including phenoxy) is 3. The summed E-state index contributed by atoms with van der Waals surface area (Å²) in [5, 5.41) is 0. The van der Waals surface area contributed by atoms with E-state index >= 15 is 0 Å². The third-order valence-corrected chi connectivity index (χ3v) is 5.11. The van der Waals surface area contributed by atoms with Crippen LogP contribution in [0.25, 0.3) is 0 Å². The van der Waals surface area contributed by atoms with Crippen LogP contribution in [0, 0.1) is 0 Å². The molecule has 1 aromatic heterocycles. The molecule has 1 heterocycles. The average Bonchev–Trinajstić information content (AvgIpc) is 3.37. The molecule has 4 aromatic rings. The van der Waals surface area contributed by atoms with Crippen molar-refractivity contribution in [3.63, 3.8) is 0 Å². The first kappa shape index (κ1) is 23.5. The van der Waals surface area contributed by atoms with Crippen LogP contribution in [0.5, 0.6) is 0 Å². The Hall–Kier alpha value is -4.65. The molecule has 0 aliphatic rings. The summed E-state index contributed by atoms with van der Waals surface area (Å²) in [6, 6.07) is 27.4. The molecule has 7 heteroatoms. The van der Waals surface area contributed by atoms with Crippen LogP contribution in [0.15, 0.2) is 103 Å². The van der Waals surface area contributed by atoms with Crippen LogP contribution >= 0.6 is 0 Å². The number of benzene rings is 3. The summed E-state index contributed by atoms with van der Waals surface area (Å²) < 4.78 is 17.1. The molecule has 3 aromatic carbocycles. The highest BCUT2D eigenvalue weighted by atomic mass is 16.6. The van der Waals surface area contributed by atoms with Gasteiger partial charge >= 0.3 is 18.0 Å². The molecule has 0 amide bonds. The van der Waals surface area contributed by atoms with Crippen LogP contribution in [0.2, 0.25) is 0 Å². The maximum Gasteiger partial charge on any atom is 0.418 e. The van der Waals surface area contributed by atoms with Crippen molar-refractivity contribution < 1.29 is 28.6 Å². The molecule has 0 spiro atoms. The molecule has 0 saturated carbocycles. The maximum atomic E-state index is 12.8. The highest BCUT2D eigenvalue weighted by molar-refractivity contribution is 6.04. The summed E-state index contributed by atoms with van der Waals surface area (Å²) in [5.41, 5.74) is 2.20. The summed E-state index contributed by atoms with van der Waals surface area (Å²) in [5.74, 6) is -1.51. The Labute approximate surface area is 202 Å². The van der Waals surface area contributed by atoms with Gasteiger partial charge in [-0.3, -0.25) is 4.57 Å². The third-order valence-electron chi connectivity index (χ3n) is 5.11. The van der Waals surface area contributed by atoms with Crippen molar-refractivity contribution in [1.29, 1.82) is 0 Å². The minimum atomic E-state index is -0.755. The molecule has 0 bridgehead atoms. The molecule has 0 aliphatic carbocycles. The lowest BCUT2D eigenvalue weighted by atomic mass is 10.2. The Morgan fingerprint density at radius 3 is 1.23 bits per heavy atom. The first-order chi connectivity index (χ1) is 17.1. The zero-order chi connectivity index (χ0) is 24.5. The zero-order valence-electron chi connectivity index (χ0n) is 18.8. The first-order valence-corrected chi connectivity index (χ1v) is 11.0. The van der Waals surface area contributed by atoms with E-state index < -0.39 is 18.0 Å². The van der Waals surface area contributed by atoms with Gasteiger partial charge in [-0.05, 0) is 16.7 Å². The lowest BCUT2D eigenvalue weighted by molar-refractivity contribution is 0.0427. The second-order valence-corrected chi connectivity index (χ2v) is 7.66. The van der Waals surface area contributed by atoms with Crippen LogP contribution in [-0.2, 0) is 34.0 Å². The highest BCUT2D eigenvalue weighted by Gasteiger charge is 2.25. The molecule has 7 nitrogen and oxygen atoms in total. The van der Waals surface area contributed by atoms with Crippen molar-refractivity contribution in [1.82, 2.24) is 4.57 Å². The molecule has 0 saturated heterocycles. The monoisotopic (exact) mass is 469 g/mol. The Bertz CT molecular complexity index is 1210. The number of hydrogen-bond acceptors (Lipinski definition) is 6. The lowest BCUT2D eigenvalue weighted by Crippen LogP contribution is -2.12. The standard InChI is InChI=1S/C28H23NO6/c30-26(33-18-21-10-4-1-5-11-21)24-16-29(28(32)35-20-23-14-8-3-9-15-23)17-25(24)27(31)34-19-22-12-6-2-7-13-22/h1-17H,18-20H2. The molecule has 176 valence electrons. The van der Waals surface area contributed by atoms with E-state index in [4.69, 9.17) is 14.2 Å². The number of carbonyl (C=O) groups excluding carboxylic acids is 3. The van der Waals surface area contributed by atoms with E-state index in [2.05, 4.69) is 0 Å². The summed E-state index contributed by atoms with van der Waals surface area (Å²) in [6.45, 7) is 0.0725. The predicted octanol–water partition coefficient (Wildman–Crippen LogP) is 5.39. The van der Waals surface area contributed by atoms with Gasteiger partial charge in [-0.15, -0.1) is 0 Å². The van der Waals surface area contributed by atoms with E-state index in [-0.39, 0.29) is 30.9 Å². The van der Waals surface area contributed by atoms with Crippen LogP contribution in [0.4, 0.5) is 4.79 Å². The van der Waals surface area contributed by atoms with Crippen molar-refractivity contribution in [3.8, 4) is 0 Å². The van der Waals surface area contributed by atoms with Crippen molar-refractivity contribution in [3.05, 3.63) is 131 Å². The molecule has 0 unspecified atom stereocenters. The van der Waals surface area contributed by atoms with E-state index in [0.29, 0.717) is 0 Å². The Kier molecular flexibility index (Phi) is 7.70. The van der Waals surface area contributed by atoms with Crippen molar-refractivity contribution in [2.45, 2.75) is 19.8 Å². The number of esters is 2. The topological polar surface area (TPSA) is 83.8 Å². The molecule has 4 rings (SSSR count). The SMILES string of the molecule is O=C(OCc1ccccc1)c1cn(C(=O)OCc2ccccc2)cc1C(=O)OCc1ccccc1. The fourth-order valence-electron chi connectivity index (χ4n) is 3.28. The van der Waals surface area contributed by atoms with Crippen LogP contribution < -0.4 is 0 Å². The van der Waals surface area contributed by atoms with Gasteiger partial charge < -0.3 is 14.2 Å². The molecule has 0 radical (unpaired) electrons. The second kappa shape index (κ2) is 11.5. The van der Waals surface area contributed by atoms with Gasteiger partial charge in [0, 0.05) is 12.4 Å². The molecule has 0 atom stereocenters. The van der Waals surface area contributed by atoms with Gasteiger partial charge in [0.1, 0.15) is 19.8 Å². The highest BCUT2D eigenvalue weighted by Crippen LogP contribution is 2.17.